The summed E-state index contributed by atoms with van der Waals surface area (Å²) in [6.45, 7) is 4.57. The predicted molar refractivity (Wildman–Crippen MR) is 65.5 cm³/mol. The molecule has 0 spiro atoms. The number of nitrogen functional groups attached to an aromatic ring is 1. The molecular formula is C12H18N4. The topological polar surface area (TPSA) is 45.4 Å². The molecule has 1 aromatic rings. The molecule has 2 aliphatic heterocycles. The maximum Gasteiger partial charge on any atom is 0.151 e. The zero-order valence-corrected chi connectivity index (χ0v) is 9.47. The lowest BCUT2D eigenvalue weighted by Crippen LogP contribution is -2.50. The Kier molecular flexibility index (Phi) is 2.44. The number of aromatic nitrogens is 1. The van der Waals surface area contributed by atoms with Gasteiger partial charge in [-0.1, -0.05) is 0 Å². The van der Waals surface area contributed by atoms with Gasteiger partial charge in [0.15, 0.2) is 5.82 Å². The number of fused-ring (bicyclic) bond motifs is 1. The highest BCUT2D eigenvalue weighted by Gasteiger charge is 2.31. The fraction of sp³-hybridized carbons (Fsp3) is 0.583. The number of piperazine rings is 1. The zero-order chi connectivity index (χ0) is 11.0. The standard InChI is InChI=1S/C12H18N4/c13-11-4-1-5-14-12(11)16-8-7-15-6-2-3-10(15)9-16/h1,4-5,10H,2-3,6-9,13H2/t10-/m0/s1. The zero-order valence-electron chi connectivity index (χ0n) is 9.47. The number of nitrogens with zero attached hydrogens (tertiary/aromatic N) is 3. The SMILES string of the molecule is Nc1cccnc1N1CCN2CCC[C@H]2C1. The molecule has 0 bridgehead atoms. The molecule has 4 heteroatoms. The number of nitrogens with two attached hydrogens (primary N) is 1. The molecule has 0 aromatic carbocycles. The third-order valence-corrected chi connectivity index (χ3v) is 3.70. The molecule has 2 N–H and O–H groups in total. The molecule has 1 atom stereocenters. The van der Waals surface area contributed by atoms with Crippen LogP contribution in [0.1, 0.15) is 12.8 Å². The molecular weight excluding hydrogens is 200 g/mol. The lowest BCUT2D eigenvalue weighted by molar-refractivity contribution is 0.230. The van der Waals surface area contributed by atoms with Gasteiger partial charge >= 0.3 is 0 Å². The molecule has 16 heavy (non-hydrogen) atoms. The van der Waals surface area contributed by atoms with E-state index in [9.17, 15) is 0 Å². The van der Waals surface area contributed by atoms with E-state index in [1.165, 1.54) is 19.4 Å². The number of hydrogen-bond donors (Lipinski definition) is 1. The van der Waals surface area contributed by atoms with Crippen molar-refractivity contribution in [3.8, 4) is 0 Å². The summed E-state index contributed by atoms with van der Waals surface area (Å²) in [5.74, 6) is 0.967. The molecule has 0 amide bonds. The second-order valence-corrected chi connectivity index (χ2v) is 4.69. The Morgan fingerprint density at radius 2 is 2.25 bits per heavy atom. The molecule has 2 fully saturated rings. The molecule has 0 saturated carbocycles. The minimum atomic E-state index is 0.718. The van der Waals surface area contributed by atoms with Gasteiger partial charge in [-0.25, -0.2) is 4.98 Å². The smallest absolute Gasteiger partial charge is 0.151 e. The van der Waals surface area contributed by atoms with Crippen LogP contribution < -0.4 is 10.6 Å². The van der Waals surface area contributed by atoms with Crippen LogP contribution in [0.25, 0.3) is 0 Å². The second kappa shape index (κ2) is 3.94. The summed E-state index contributed by atoms with van der Waals surface area (Å²) in [5.41, 5.74) is 6.77. The number of pyridine rings is 1. The number of rotatable bonds is 1. The van der Waals surface area contributed by atoms with Crippen molar-refractivity contribution < 1.29 is 0 Å². The lowest BCUT2D eigenvalue weighted by Gasteiger charge is -2.38. The highest BCUT2D eigenvalue weighted by atomic mass is 15.3. The van der Waals surface area contributed by atoms with Crippen molar-refractivity contribution in [1.29, 1.82) is 0 Å². The van der Waals surface area contributed by atoms with Gasteiger partial charge in [-0.2, -0.15) is 0 Å². The highest BCUT2D eigenvalue weighted by Crippen LogP contribution is 2.26. The van der Waals surface area contributed by atoms with Crippen LogP contribution in [-0.4, -0.2) is 42.1 Å². The minimum absolute atomic E-state index is 0.718. The van der Waals surface area contributed by atoms with E-state index in [1.807, 2.05) is 18.3 Å². The van der Waals surface area contributed by atoms with E-state index in [2.05, 4.69) is 14.8 Å². The number of hydrogen-bond acceptors (Lipinski definition) is 4. The number of anilines is 2. The van der Waals surface area contributed by atoms with Crippen LogP contribution in [0.3, 0.4) is 0 Å². The largest absolute Gasteiger partial charge is 0.396 e. The summed E-state index contributed by atoms with van der Waals surface area (Å²) in [7, 11) is 0. The van der Waals surface area contributed by atoms with Crippen LogP contribution in [0.4, 0.5) is 11.5 Å². The van der Waals surface area contributed by atoms with Gasteiger partial charge < -0.3 is 10.6 Å². The van der Waals surface area contributed by atoms with Gasteiger partial charge in [0, 0.05) is 31.9 Å². The maximum atomic E-state index is 5.97. The van der Waals surface area contributed by atoms with Gasteiger partial charge in [0.2, 0.25) is 0 Å². The van der Waals surface area contributed by atoms with Crippen molar-refractivity contribution >= 4 is 11.5 Å². The molecule has 2 saturated heterocycles. The monoisotopic (exact) mass is 218 g/mol. The molecule has 1 aromatic heterocycles. The van der Waals surface area contributed by atoms with Gasteiger partial charge in [-0.3, -0.25) is 4.90 Å². The third kappa shape index (κ3) is 1.63. The van der Waals surface area contributed by atoms with Crippen molar-refractivity contribution in [1.82, 2.24) is 9.88 Å². The van der Waals surface area contributed by atoms with Crippen molar-refractivity contribution in [3.63, 3.8) is 0 Å². The van der Waals surface area contributed by atoms with E-state index in [1.54, 1.807) is 0 Å². The molecule has 0 radical (unpaired) electrons. The second-order valence-electron chi connectivity index (χ2n) is 4.69. The average molecular weight is 218 g/mol. The van der Waals surface area contributed by atoms with E-state index in [4.69, 9.17) is 5.73 Å². The normalized spacial score (nSPS) is 25.8. The predicted octanol–water partition coefficient (Wildman–Crippen LogP) is 0.948. The first-order chi connectivity index (χ1) is 7.84. The van der Waals surface area contributed by atoms with E-state index < -0.39 is 0 Å². The van der Waals surface area contributed by atoms with Crippen molar-refractivity contribution in [3.05, 3.63) is 18.3 Å². The third-order valence-electron chi connectivity index (χ3n) is 3.70. The first-order valence-electron chi connectivity index (χ1n) is 6.04. The van der Waals surface area contributed by atoms with Crippen molar-refractivity contribution in [2.24, 2.45) is 0 Å². The summed E-state index contributed by atoms with van der Waals surface area (Å²) >= 11 is 0. The average Bonchev–Trinajstić information content (AvgIpc) is 2.76. The molecule has 3 rings (SSSR count). The Bertz CT molecular complexity index is 379. The van der Waals surface area contributed by atoms with Crippen LogP contribution in [0.5, 0.6) is 0 Å². The van der Waals surface area contributed by atoms with E-state index in [0.29, 0.717) is 0 Å². The fourth-order valence-corrected chi connectivity index (χ4v) is 2.86. The van der Waals surface area contributed by atoms with Gasteiger partial charge in [-0.05, 0) is 31.5 Å². The Hall–Kier alpha value is -1.29. The minimum Gasteiger partial charge on any atom is -0.396 e. The van der Waals surface area contributed by atoms with Crippen LogP contribution in [-0.2, 0) is 0 Å². The Balaban J connectivity index is 1.79. The van der Waals surface area contributed by atoms with Crippen LogP contribution in [0.15, 0.2) is 18.3 Å². The maximum absolute atomic E-state index is 5.97. The van der Waals surface area contributed by atoms with Gasteiger partial charge in [0.05, 0.1) is 5.69 Å². The Morgan fingerprint density at radius 1 is 1.31 bits per heavy atom. The molecule has 86 valence electrons. The lowest BCUT2D eigenvalue weighted by atomic mass is 10.1. The van der Waals surface area contributed by atoms with Crippen molar-refractivity contribution in [2.75, 3.05) is 36.8 Å². The van der Waals surface area contributed by atoms with Gasteiger partial charge in [-0.15, -0.1) is 0 Å². The molecule has 0 unspecified atom stereocenters. The van der Waals surface area contributed by atoms with Crippen LogP contribution in [0.2, 0.25) is 0 Å². The van der Waals surface area contributed by atoms with E-state index >= 15 is 0 Å². The summed E-state index contributed by atoms with van der Waals surface area (Å²) in [6.07, 6.45) is 4.49. The van der Waals surface area contributed by atoms with E-state index in [-0.39, 0.29) is 0 Å². The molecule has 4 nitrogen and oxygen atoms in total. The molecule has 3 heterocycles. The molecule has 2 aliphatic rings. The van der Waals surface area contributed by atoms with Crippen molar-refractivity contribution in [2.45, 2.75) is 18.9 Å². The van der Waals surface area contributed by atoms with Gasteiger partial charge in [0.1, 0.15) is 0 Å². The highest BCUT2D eigenvalue weighted by molar-refractivity contribution is 5.62. The Labute approximate surface area is 96.1 Å². The molecule has 0 aliphatic carbocycles. The van der Waals surface area contributed by atoms with Gasteiger partial charge in [0.25, 0.3) is 0 Å². The summed E-state index contributed by atoms with van der Waals surface area (Å²) in [5, 5.41) is 0. The fourth-order valence-electron chi connectivity index (χ4n) is 2.86. The summed E-state index contributed by atoms with van der Waals surface area (Å²) in [4.78, 5) is 9.33. The summed E-state index contributed by atoms with van der Waals surface area (Å²) < 4.78 is 0. The summed E-state index contributed by atoms with van der Waals surface area (Å²) in [6, 6.07) is 4.55. The van der Waals surface area contributed by atoms with E-state index in [0.717, 1.165) is 37.2 Å². The van der Waals surface area contributed by atoms with Crippen LogP contribution in [0, 0.1) is 0 Å². The first-order valence-corrected chi connectivity index (χ1v) is 6.04. The van der Waals surface area contributed by atoms with Crippen LogP contribution >= 0.6 is 0 Å². The quantitative estimate of drug-likeness (QED) is 0.762. The first kappa shape index (κ1) is 9.90. The Morgan fingerprint density at radius 3 is 3.12 bits per heavy atom.